The van der Waals surface area contributed by atoms with Crippen LogP contribution in [-0.4, -0.2) is 100 Å². The maximum absolute atomic E-state index is 13.3. The van der Waals surface area contributed by atoms with Crippen LogP contribution in [0, 0.1) is 5.92 Å². The standard InChI is InChI=1S/C33H45N7O10/c1-17(2)28(33(49)50)40-27(44)16-36-29(45)18(3)37-26(43)15-35-30(46)19(4)38-32(48)25(14-21-7-11-23(42)12-8-21)39-31(47)24(34)13-20-5-9-22(41)10-6-20/h5-12,17-19,24-25,28,41-42H,13-16,34H2,1-4H3,(H,35,46)(H,36,45)(H,37,43)(H,38,48)(H,39,47)(H,40,44)(H,49,50)/t18-,19-,24-,25-,28-/m0/s1. The van der Waals surface area contributed by atoms with Gasteiger partial charge in [-0.25, -0.2) is 4.79 Å². The third-order valence-corrected chi connectivity index (χ3v) is 7.36. The smallest absolute Gasteiger partial charge is 0.326 e. The molecule has 0 heterocycles. The lowest BCUT2D eigenvalue weighted by molar-refractivity contribution is -0.143. The molecule has 0 saturated heterocycles. The summed E-state index contributed by atoms with van der Waals surface area (Å²) in [5.74, 6) is -5.92. The Balaban J connectivity index is 1.91. The largest absolute Gasteiger partial charge is 0.508 e. The number of phenolic OH excluding ortho intramolecular Hbond substituents is 2. The minimum Gasteiger partial charge on any atom is -0.508 e. The lowest BCUT2D eigenvalue weighted by Gasteiger charge is -2.23. The summed E-state index contributed by atoms with van der Waals surface area (Å²) < 4.78 is 0. The Morgan fingerprint density at radius 2 is 1.04 bits per heavy atom. The lowest BCUT2D eigenvalue weighted by atomic mass is 10.0. The van der Waals surface area contributed by atoms with Crippen LogP contribution in [0.25, 0.3) is 0 Å². The highest BCUT2D eigenvalue weighted by atomic mass is 16.4. The molecule has 2 aromatic rings. The van der Waals surface area contributed by atoms with Gasteiger partial charge in [0.2, 0.25) is 35.4 Å². The summed E-state index contributed by atoms with van der Waals surface area (Å²) in [6.07, 6.45) is 0.0989. The summed E-state index contributed by atoms with van der Waals surface area (Å²) >= 11 is 0. The topological polar surface area (TPSA) is 278 Å². The first-order chi connectivity index (χ1) is 23.5. The van der Waals surface area contributed by atoms with Crippen molar-refractivity contribution in [3.8, 4) is 11.5 Å². The number of amides is 6. The van der Waals surface area contributed by atoms with Gasteiger partial charge in [0.1, 0.15) is 35.7 Å². The number of hydrogen-bond donors (Lipinski definition) is 10. The zero-order chi connectivity index (χ0) is 37.5. The Hall–Kier alpha value is -5.71. The number of nitrogens with one attached hydrogen (secondary N) is 6. The molecule has 0 saturated carbocycles. The van der Waals surface area contributed by atoms with Gasteiger partial charge in [-0.2, -0.15) is 0 Å². The maximum Gasteiger partial charge on any atom is 0.326 e. The molecule has 0 aliphatic rings. The van der Waals surface area contributed by atoms with Crippen molar-refractivity contribution in [3.05, 3.63) is 59.7 Å². The maximum atomic E-state index is 13.3. The van der Waals surface area contributed by atoms with Crippen molar-refractivity contribution in [2.75, 3.05) is 13.1 Å². The van der Waals surface area contributed by atoms with Crippen LogP contribution in [0.15, 0.2) is 48.5 Å². The number of carbonyl (C=O) groups excluding carboxylic acids is 6. The highest BCUT2D eigenvalue weighted by Crippen LogP contribution is 2.13. The van der Waals surface area contributed by atoms with Crippen LogP contribution < -0.4 is 37.6 Å². The van der Waals surface area contributed by atoms with E-state index in [9.17, 15) is 48.9 Å². The first-order valence-corrected chi connectivity index (χ1v) is 15.8. The van der Waals surface area contributed by atoms with Crippen molar-refractivity contribution in [2.24, 2.45) is 11.7 Å². The van der Waals surface area contributed by atoms with Crippen LogP contribution in [-0.2, 0) is 46.4 Å². The van der Waals surface area contributed by atoms with E-state index in [-0.39, 0.29) is 24.3 Å². The first kappa shape index (κ1) is 40.5. The summed E-state index contributed by atoms with van der Waals surface area (Å²) in [6, 6.07) is 6.40. The van der Waals surface area contributed by atoms with Gasteiger partial charge in [0.25, 0.3) is 0 Å². The van der Waals surface area contributed by atoms with Gasteiger partial charge in [-0.1, -0.05) is 38.1 Å². The molecule has 0 aliphatic carbocycles. The van der Waals surface area contributed by atoms with E-state index in [1.165, 1.54) is 38.1 Å². The van der Waals surface area contributed by atoms with Crippen LogP contribution in [0.5, 0.6) is 11.5 Å². The van der Waals surface area contributed by atoms with Crippen LogP contribution >= 0.6 is 0 Å². The summed E-state index contributed by atoms with van der Waals surface area (Å²) in [6.45, 7) is 4.82. The Morgan fingerprint density at radius 1 is 0.600 bits per heavy atom. The van der Waals surface area contributed by atoms with Crippen molar-refractivity contribution >= 4 is 41.4 Å². The van der Waals surface area contributed by atoms with E-state index in [0.29, 0.717) is 11.1 Å². The molecule has 0 spiro atoms. The molecule has 17 nitrogen and oxygen atoms in total. The van der Waals surface area contributed by atoms with Gasteiger partial charge in [-0.3, -0.25) is 28.8 Å². The van der Waals surface area contributed by atoms with E-state index in [2.05, 4.69) is 31.9 Å². The monoisotopic (exact) mass is 699 g/mol. The number of aromatic hydroxyl groups is 2. The summed E-state index contributed by atoms with van der Waals surface area (Å²) in [5, 5.41) is 42.6. The number of aliphatic carboxylic acids is 1. The highest BCUT2D eigenvalue weighted by Gasteiger charge is 2.28. The zero-order valence-electron chi connectivity index (χ0n) is 28.2. The number of rotatable bonds is 18. The number of hydrogen-bond acceptors (Lipinski definition) is 10. The molecule has 5 atom stereocenters. The average Bonchev–Trinajstić information content (AvgIpc) is 3.06. The van der Waals surface area contributed by atoms with Crippen molar-refractivity contribution in [1.29, 1.82) is 0 Å². The van der Waals surface area contributed by atoms with E-state index >= 15 is 0 Å². The van der Waals surface area contributed by atoms with E-state index in [1.54, 1.807) is 38.1 Å². The van der Waals surface area contributed by atoms with Gasteiger partial charge >= 0.3 is 5.97 Å². The second-order valence-electron chi connectivity index (χ2n) is 12.0. The number of carboxylic acid groups (broad SMARTS) is 1. The Bertz CT molecular complexity index is 1520. The molecule has 0 fully saturated rings. The molecule has 0 aliphatic heterocycles. The lowest BCUT2D eigenvalue weighted by Crippen LogP contribution is -2.56. The molecule has 0 unspecified atom stereocenters. The second kappa shape index (κ2) is 19.3. The van der Waals surface area contributed by atoms with Crippen LogP contribution in [0.2, 0.25) is 0 Å². The third kappa shape index (κ3) is 13.8. The number of phenols is 2. The molecular weight excluding hydrogens is 654 g/mol. The molecule has 0 radical (unpaired) electrons. The van der Waals surface area contributed by atoms with Crippen molar-refractivity contribution in [2.45, 2.75) is 70.7 Å². The predicted octanol–water partition coefficient (Wildman–Crippen LogP) is -1.84. The summed E-state index contributed by atoms with van der Waals surface area (Å²) in [5.41, 5.74) is 7.34. The van der Waals surface area contributed by atoms with E-state index in [0.717, 1.165) is 0 Å². The minimum atomic E-state index is -1.22. The Labute approximate surface area is 288 Å². The SMILES string of the molecule is CC(C)[C@H](NC(=O)CNC(=O)[C@H](C)NC(=O)CNC(=O)[C@H](C)NC(=O)[C@H](Cc1ccc(O)cc1)NC(=O)[C@@H](N)Cc1ccc(O)cc1)C(=O)O. The molecule has 11 N–H and O–H groups in total. The van der Waals surface area contributed by atoms with Crippen molar-refractivity contribution < 1.29 is 48.9 Å². The number of nitrogens with two attached hydrogens (primary N) is 1. The third-order valence-electron chi connectivity index (χ3n) is 7.36. The molecule has 272 valence electrons. The van der Waals surface area contributed by atoms with Gasteiger partial charge in [0.05, 0.1) is 19.1 Å². The van der Waals surface area contributed by atoms with Gasteiger partial charge in [-0.05, 0) is 61.6 Å². The Morgan fingerprint density at radius 3 is 1.50 bits per heavy atom. The molecular formula is C33H45N7O10. The number of benzene rings is 2. The molecule has 17 heteroatoms. The number of carboxylic acids is 1. The molecule has 0 aromatic heterocycles. The fraction of sp³-hybridized carbons (Fsp3) is 0.424. The normalized spacial score (nSPS) is 13.8. The average molecular weight is 700 g/mol. The summed E-state index contributed by atoms with van der Waals surface area (Å²) in [7, 11) is 0. The predicted molar refractivity (Wildman–Crippen MR) is 179 cm³/mol. The zero-order valence-corrected chi connectivity index (χ0v) is 28.2. The highest BCUT2D eigenvalue weighted by molar-refractivity contribution is 5.95. The van der Waals surface area contributed by atoms with Crippen LogP contribution in [0.1, 0.15) is 38.8 Å². The van der Waals surface area contributed by atoms with Gasteiger partial charge in [0, 0.05) is 6.42 Å². The van der Waals surface area contributed by atoms with Crippen molar-refractivity contribution in [3.63, 3.8) is 0 Å². The minimum absolute atomic E-state index is 0.000709. The fourth-order valence-corrected chi connectivity index (χ4v) is 4.45. The van der Waals surface area contributed by atoms with Gasteiger partial charge in [-0.15, -0.1) is 0 Å². The van der Waals surface area contributed by atoms with Gasteiger partial charge < -0.3 is 53.0 Å². The second-order valence-corrected chi connectivity index (χ2v) is 12.0. The Kier molecular flexibility index (Phi) is 15.6. The van der Waals surface area contributed by atoms with Crippen LogP contribution in [0.4, 0.5) is 0 Å². The van der Waals surface area contributed by atoms with Gasteiger partial charge in [0.15, 0.2) is 0 Å². The van der Waals surface area contributed by atoms with E-state index in [1.807, 2.05) is 0 Å². The fourth-order valence-electron chi connectivity index (χ4n) is 4.45. The van der Waals surface area contributed by atoms with Crippen molar-refractivity contribution in [1.82, 2.24) is 31.9 Å². The molecule has 0 bridgehead atoms. The van der Waals surface area contributed by atoms with E-state index in [4.69, 9.17) is 5.73 Å². The molecule has 2 aromatic carbocycles. The first-order valence-electron chi connectivity index (χ1n) is 15.8. The number of carbonyl (C=O) groups is 7. The van der Waals surface area contributed by atoms with E-state index < -0.39 is 90.6 Å². The summed E-state index contributed by atoms with van der Waals surface area (Å²) in [4.78, 5) is 86.9. The quantitative estimate of drug-likeness (QED) is 0.0826. The molecule has 6 amide bonds. The molecule has 2 rings (SSSR count). The van der Waals surface area contributed by atoms with Crippen LogP contribution in [0.3, 0.4) is 0 Å². The molecule has 50 heavy (non-hydrogen) atoms.